The van der Waals surface area contributed by atoms with Gasteiger partial charge in [0, 0.05) is 40.3 Å². The largest absolute Gasteiger partial charge is 0.477 e. The highest BCUT2D eigenvalue weighted by molar-refractivity contribution is 7.99. The zero-order valence-electron chi connectivity index (χ0n) is 16.6. The molecular formula is C23H22FN3O2S. The molecule has 1 N–H and O–H groups in total. The fraction of sp³-hybridized carbons (Fsp3) is 0.217. The number of hydrogen-bond acceptors (Lipinski definition) is 6. The van der Waals surface area contributed by atoms with Crippen LogP contribution in [-0.4, -0.2) is 22.5 Å². The molecule has 4 rings (SSSR count). The van der Waals surface area contributed by atoms with Crippen molar-refractivity contribution < 1.29 is 13.7 Å². The SMILES string of the molecule is Cc1cc(CNCc2cc3ccc(F)cc3nc2OCCSc2ccccc2)on1. The summed E-state index contributed by atoms with van der Waals surface area (Å²) in [5.41, 5.74) is 2.34. The molecule has 7 heteroatoms. The number of hydrogen-bond donors (Lipinski definition) is 1. The Labute approximate surface area is 178 Å². The van der Waals surface area contributed by atoms with Gasteiger partial charge in [0.1, 0.15) is 5.82 Å². The van der Waals surface area contributed by atoms with Crippen molar-refractivity contribution >= 4 is 22.7 Å². The third-order valence-corrected chi connectivity index (χ3v) is 5.42. The van der Waals surface area contributed by atoms with Gasteiger partial charge in [0.25, 0.3) is 0 Å². The Morgan fingerprint density at radius 3 is 2.73 bits per heavy atom. The first-order valence-corrected chi connectivity index (χ1v) is 10.7. The number of aromatic nitrogens is 2. The molecule has 0 spiro atoms. The van der Waals surface area contributed by atoms with Crippen LogP contribution in [0, 0.1) is 12.7 Å². The summed E-state index contributed by atoms with van der Waals surface area (Å²) in [4.78, 5) is 5.76. The molecule has 0 bridgehead atoms. The van der Waals surface area contributed by atoms with E-state index in [0.29, 0.717) is 31.1 Å². The molecule has 30 heavy (non-hydrogen) atoms. The predicted molar refractivity (Wildman–Crippen MR) is 116 cm³/mol. The number of thioether (sulfide) groups is 1. The third kappa shape index (κ3) is 5.37. The lowest BCUT2D eigenvalue weighted by atomic mass is 10.1. The molecule has 0 saturated carbocycles. The van der Waals surface area contributed by atoms with Crippen molar-refractivity contribution in [1.29, 1.82) is 0 Å². The first-order chi connectivity index (χ1) is 14.7. The first kappa shape index (κ1) is 20.4. The molecule has 2 heterocycles. The topological polar surface area (TPSA) is 60.2 Å². The van der Waals surface area contributed by atoms with Crippen LogP contribution in [-0.2, 0) is 13.1 Å². The van der Waals surface area contributed by atoms with Gasteiger partial charge in [-0.25, -0.2) is 9.37 Å². The molecule has 0 aliphatic rings. The third-order valence-electron chi connectivity index (χ3n) is 4.44. The van der Waals surface area contributed by atoms with Crippen LogP contribution < -0.4 is 10.1 Å². The van der Waals surface area contributed by atoms with Crippen LogP contribution in [0.1, 0.15) is 17.0 Å². The Morgan fingerprint density at radius 1 is 1.07 bits per heavy atom. The number of nitrogens with one attached hydrogen (secondary N) is 1. The fourth-order valence-corrected chi connectivity index (χ4v) is 3.80. The van der Waals surface area contributed by atoms with Crippen molar-refractivity contribution in [3.05, 3.63) is 83.5 Å². The highest BCUT2D eigenvalue weighted by atomic mass is 32.2. The number of ether oxygens (including phenoxy) is 1. The van der Waals surface area contributed by atoms with Gasteiger partial charge in [0.2, 0.25) is 5.88 Å². The van der Waals surface area contributed by atoms with Gasteiger partial charge in [-0.1, -0.05) is 23.4 Å². The van der Waals surface area contributed by atoms with E-state index in [1.807, 2.05) is 37.3 Å². The summed E-state index contributed by atoms with van der Waals surface area (Å²) in [7, 11) is 0. The van der Waals surface area contributed by atoms with Crippen molar-refractivity contribution in [2.45, 2.75) is 24.9 Å². The lowest BCUT2D eigenvalue weighted by Gasteiger charge is -2.12. The van der Waals surface area contributed by atoms with E-state index < -0.39 is 0 Å². The summed E-state index contributed by atoms with van der Waals surface area (Å²) < 4.78 is 24.9. The average molecular weight is 424 g/mol. The van der Waals surface area contributed by atoms with Gasteiger partial charge in [-0.2, -0.15) is 0 Å². The summed E-state index contributed by atoms with van der Waals surface area (Å²) >= 11 is 1.72. The van der Waals surface area contributed by atoms with Gasteiger partial charge < -0.3 is 14.6 Å². The molecule has 0 radical (unpaired) electrons. The summed E-state index contributed by atoms with van der Waals surface area (Å²) in [5.74, 6) is 1.76. The number of nitrogens with zero attached hydrogens (tertiary/aromatic N) is 2. The van der Waals surface area contributed by atoms with Crippen molar-refractivity contribution in [2.24, 2.45) is 0 Å². The number of rotatable bonds is 9. The van der Waals surface area contributed by atoms with E-state index in [4.69, 9.17) is 9.26 Å². The van der Waals surface area contributed by atoms with Crippen LogP contribution in [0.4, 0.5) is 4.39 Å². The molecule has 0 fully saturated rings. The fourth-order valence-electron chi connectivity index (χ4n) is 3.05. The minimum Gasteiger partial charge on any atom is -0.477 e. The molecule has 0 atom stereocenters. The van der Waals surface area contributed by atoms with E-state index in [-0.39, 0.29) is 5.82 Å². The second-order valence-electron chi connectivity index (χ2n) is 6.84. The Balaban J connectivity index is 1.44. The molecule has 0 aliphatic carbocycles. The monoisotopic (exact) mass is 423 g/mol. The average Bonchev–Trinajstić information content (AvgIpc) is 3.17. The molecule has 2 aromatic carbocycles. The smallest absolute Gasteiger partial charge is 0.218 e. The number of halogens is 1. The zero-order chi connectivity index (χ0) is 20.8. The van der Waals surface area contributed by atoms with Gasteiger partial charge in [0.05, 0.1) is 24.4 Å². The van der Waals surface area contributed by atoms with E-state index in [2.05, 4.69) is 27.6 Å². The van der Waals surface area contributed by atoms with Crippen LogP contribution in [0.25, 0.3) is 10.9 Å². The second kappa shape index (κ2) is 9.73. The number of fused-ring (bicyclic) bond motifs is 1. The summed E-state index contributed by atoms with van der Waals surface area (Å²) in [6, 6.07) is 18.7. The molecule has 154 valence electrons. The number of aryl methyl sites for hydroxylation is 1. The first-order valence-electron chi connectivity index (χ1n) is 9.70. The van der Waals surface area contributed by atoms with Crippen molar-refractivity contribution in [2.75, 3.05) is 12.4 Å². The van der Waals surface area contributed by atoms with Crippen molar-refractivity contribution in [3.8, 4) is 5.88 Å². The Kier molecular flexibility index (Phi) is 6.61. The van der Waals surface area contributed by atoms with Crippen molar-refractivity contribution in [1.82, 2.24) is 15.5 Å². The zero-order valence-corrected chi connectivity index (χ0v) is 17.4. The van der Waals surface area contributed by atoms with Crippen molar-refractivity contribution in [3.63, 3.8) is 0 Å². The molecule has 0 amide bonds. The lowest BCUT2D eigenvalue weighted by molar-refractivity contribution is 0.325. The highest BCUT2D eigenvalue weighted by Gasteiger charge is 2.10. The van der Waals surface area contributed by atoms with Crippen LogP contribution in [0.5, 0.6) is 5.88 Å². The maximum atomic E-state index is 13.6. The van der Waals surface area contributed by atoms with Gasteiger partial charge in [-0.3, -0.25) is 0 Å². The molecule has 4 aromatic rings. The van der Waals surface area contributed by atoms with Crippen LogP contribution in [0.2, 0.25) is 0 Å². The maximum absolute atomic E-state index is 13.6. The van der Waals surface area contributed by atoms with Gasteiger partial charge >= 0.3 is 0 Å². The van der Waals surface area contributed by atoms with Crippen LogP contribution in [0.3, 0.4) is 0 Å². The van der Waals surface area contributed by atoms with Crippen LogP contribution in [0.15, 0.2) is 70.1 Å². The van der Waals surface area contributed by atoms with E-state index in [9.17, 15) is 4.39 Å². The molecule has 2 aromatic heterocycles. The highest BCUT2D eigenvalue weighted by Crippen LogP contribution is 2.24. The molecule has 0 saturated heterocycles. The van der Waals surface area contributed by atoms with Gasteiger partial charge in [0.15, 0.2) is 5.76 Å². The van der Waals surface area contributed by atoms with Crippen LogP contribution >= 0.6 is 11.8 Å². The Hall–Kier alpha value is -2.90. The Morgan fingerprint density at radius 2 is 1.93 bits per heavy atom. The lowest BCUT2D eigenvalue weighted by Crippen LogP contribution is -2.14. The minimum atomic E-state index is -0.313. The Bertz CT molecular complexity index is 1120. The molecule has 0 unspecified atom stereocenters. The quantitative estimate of drug-likeness (QED) is 0.297. The normalized spacial score (nSPS) is 11.1. The number of pyridine rings is 1. The van der Waals surface area contributed by atoms with Gasteiger partial charge in [-0.15, -0.1) is 11.8 Å². The predicted octanol–water partition coefficient (Wildman–Crippen LogP) is 5.13. The number of benzene rings is 2. The minimum absolute atomic E-state index is 0.313. The molecule has 5 nitrogen and oxygen atoms in total. The second-order valence-corrected chi connectivity index (χ2v) is 8.01. The standard InChI is InChI=1S/C23H22FN3O2S/c1-16-11-20(29-27-16)15-25-14-18-12-17-7-8-19(24)13-22(17)26-23(18)28-9-10-30-21-5-3-2-4-6-21/h2-8,11-13,25H,9-10,14-15H2,1H3. The molecular weight excluding hydrogens is 401 g/mol. The summed E-state index contributed by atoms with van der Waals surface area (Å²) in [5, 5.41) is 8.10. The summed E-state index contributed by atoms with van der Waals surface area (Å²) in [6.45, 7) is 3.48. The van der Waals surface area contributed by atoms with E-state index in [0.717, 1.165) is 28.2 Å². The maximum Gasteiger partial charge on any atom is 0.218 e. The van der Waals surface area contributed by atoms with E-state index >= 15 is 0 Å². The molecule has 0 aliphatic heterocycles. The van der Waals surface area contributed by atoms with E-state index in [1.165, 1.54) is 17.0 Å². The summed E-state index contributed by atoms with van der Waals surface area (Å²) in [6.07, 6.45) is 0. The van der Waals surface area contributed by atoms with Gasteiger partial charge in [-0.05, 0) is 37.3 Å². The van der Waals surface area contributed by atoms with E-state index in [1.54, 1.807) is 17.8 Å².